The van der Waals surface area contributed by atoms with Crippen LogP contribution in [0.25, 0.3) is 0 Å². The number of carboxylic acids is 1. The first-order valence-corrected chi connectivity index (χ1v) is 22.5. The second kappa shape index (κ2) is 37.6. The van der Waals surface area contributed by atoms with Gasteiger partial charge in [0.05, 0.1) is 13.2 Å². The van der Waals surface area contributed by atoms with Crippen LogP contribution in [0.1, 0.15) is 181 Å². The molecule has 1 unspecified atom stereocenters. The van der Waals surface area contributed by atoms with Crippen LogP contribution in [0.2, 0.25) is 0 Å². The minimum Gasteiger partial charge on any atom is -0.480 e. The number of ether oxygens (including phenoxy) is 2. The van der Waals surface area contributed by atoms with E-state index in [1.165, 1.54) is 70.6 Å². The van der Waals surface area contributed by atoms with Gasteiger partial charge >= 0.3 is 25.7 Å². The number of carbonyl (C=O) groups excluding carboxylic acids is 2. The van der Waals surface area contributed by atoms with Crippen LogP contribution >= 0.6 is 7.82 Å². The number of phosphoric acid groups is 1. The lowest BCUT2D eigenvalue weighted by Crippen LogP contribution is -2.34. The van der Waals surface area contributed by atoms with Crippen LogP contribution in [-0.2, 0) is 37.5 Å². The Morgan fingerprint density at radius 1 is 0.574 bits per heavy atom. The van der Waals surface area contributed by atoms with Crippen LogP contribution in [0.3, 0.4) is 0 Å². The van der Waals surface area contributed by atoms with Crippen LogP contribution in [0.5, 0.6) is 0 Å². The summed E-state index contributed by atoms with van der Waals surface area (Å²) in [6.07, 6.45) is 39.2. The van der Waals surface area contributed by atoms with E-state index >= 15 is 0 Å². The molecule has 0 fully saturated rings. The molecule has 0 aromatic rings. The molecule has 4 N–H and O–H groups in total. The lowest BCUT2D eigenvalue weighted by molar-refractivity contribution is -0.161. The highest BCUT2D eigenvalue weighted by Gasteiger charge is 2.28. The van der Waals surface area contributed by atoms with Crippen LogP contribution in [0.4, 0.5) is 0 Å². The molecule has 0 aromatic heterocycles. The van der Waals surface area contributed by atoms with Crippen molar-refractivity contribution in [1.82, 2.24) is 0 Å². The molecule has 0 bridgehead atoms. The maximum absolute atomic E-state index is 12.6. The monoisotopic (exact) mass is 786 g/mol. The fraction of sp³-hybridized carbons (Fsp3) is 0.786. The number of carboxylic acid groups (broad SMARTS) is 1. The number of phosphoric ester groups is 1. The summed E-state index contributed by atoms with van der Waals surface area (Å²) in [5, 5.41) is 8.88. The minimum absolute atomic E-state index is 0.142. The summed E-state index contributed by atoms with van der Waals surface area (Å²) in [4.78, 5) is 45.9. The average Bonchev–Trinajstić information content (AvgIpc) is 3.14. The Morgan fingerprint density at radius 2 is 0.981 bits per heavy atom. The number of aliphatic carboxylic acids is 1. The number of nitrogens with two attached hydrogens (primary N) is 1. The number of carbonyl (C=O) groups is 3. The summed E-state index contributed by atoms with van der Waals surface area (Å²) >= 11 is 0. The first kappa shape index (κ1) is 51.7. The largest absolute Gasteiger partial charge is 0.480 e. The van der Waals surface area contributed by atoms with Crippen molar-refractivity contribution in [2.75, 3.05) is 19.8 Å². The van der Waals surface area contributed by atoms with Gasteiger partial charge in [0, 0.05) is 12.8 Å². The fourth-order valence-electron chi connectivity index (χ4n) is 5.50. The first-order valence-electron chi connectivity index (χ1n) is 21.0. The summed E-state index contributed by atoms with van der Waals surface area (Å²) in [6.45, 7) is 2.74. The molecule has 54 heavy (non-hydrogen) atoms. The predicted molar refractivity (Wildman–Crippen MR) is 217 cm³/mol. The van der Waals surface area contributed by atoms with Gasteiger partial charge in [0.25, 0.3) is 0 Å². The molecule has 0 spiro atoms. The van der Waals surface area contributed by atoms with E-state index in [1.807, 2.05) is 0 Å². The lowest BCUT2D eigenvalue weighted by atomic mass is 10.1. The number of esters is 2. The molecule has 0 amide bonds. The van der Waals surface area contributed by atoms with Crippen molar-refractivity contribution in [1.29, 1.82) is 0 Å². The van der Waals surface area contributed by atoms with Crippen molar-refractivity contribution in [3.05, 3.63) is 36.5 Å². The SMILES string of the molecule is CCCCC/C=C/C/C=C/CCCCCCCC(=O)O[C@H](COC(=O)CCCCC/C=C/CCCCCCCCCC)COP(=O)(O)OC[C@H](N)C(=O)O. The average molecular weight is 786 g/mol. The van der Waals surface area contributed by atoms with E-state index in [2.05, 4.69) is 54.8 Å². The third-order valence-electron chi connectivity index (χ3n) is 8.86. The minimum atomic E-state index is -4.72. The normalized spacial score (nSPS) is 14.1. The van der Waals surface area contributed by atoms with E-state index in [4.69, 9.17) is 24.8 Å². The van der Waals surface area contributed by atoms with E-state index in [0.29, 0.717) is 12.8 Å². The molecule has 0 aromatic carbocycles. The first-order chi connectivity index (χ1) is 26.1. The van der Waals surface area contributed by atoms with Gasteiger partial charge in [-0.15, -0.1) is 0 Å². The number of allylic oxidation sites excluding steroid dienone is 6. The molecule has 12 heteroatoms. The van der Waals surface area contributed by atoms with Crippen LogP contribution in [0, 0.1) is 0 Å². The van der Waals surface area contributed by atoms with Crippen LogP contribution < -0.4 is 5.73 Å². The van der Waals surface area contributed by atoms with Gasteiger partial charge in [0.15, 0.2) is 6.10 Å². The Hall–Kier alpha value is -2.30. The molecular weight excluding hydrogens is 709 g/mol. The van der Waals surface area contributed by atoms with Gasteiger partial charge in [-0.3, -0.25) is 23.4 Å². The van der Waals surface area contributed by atoms with Gasteiger partial charge in [-0.25, -0.2) is 4.57 Å². The highest BCUT2D eigenvalue weighted by Crippen LogP contribution is 2.43. The molecule has 11 nitrogen and oxygen atoms in total. The topological polar surface area (TPSA) is 172 Å². The summed E-state index contributed by atoms with van der Waals surface area (Å²) in [6, 6.07) is -1.52. The summed E-state index contributed by atoms with van der Waals surface area (Å²) in [7, 11) is -4.72. The van der Waals surface area contributed by atoms with Gasteiger partial charge in [-0.2, -0.15) is 0 Å². The highest BCUT2D eigenvalue weighted by molar-refractivity contribution is 7.47. The van der Waals surface area contributed by atoms with E-state index in [-0.39, 0.29) is 19.4 Å². The molecule has 0 aliphatic rings. The molecule has 3 atom stereocenters. The maximum atomic E-state index is 12.6. The van der Waals surface area contributed by atoms with Crippen molar-refractivity contribution in [2.45, 2.75) is 193 Å². The third kappa shape index (κ3) is 36.7. The fourth-order valence-corrected chi connectivity index (χ4v) is 6.28. The summed E-state index contributed by atoms with van der Waals surface area (Å²) in [5.41, 5.74) is 5.32. The Bertz CT molecular complexity index is 1060. The summed E-state index contributed by atoms with van der Waals surface area (Å²) < 4.78 is 32.6. The molecule has 0 saturated carbocycles. The zero-order chi connectivity index (χ0) is 40.0. The second-order valence-corrected chi connectivity index (χ2v) is 15.6. The number of rotatable bonds is 39. The molecule has 0 rings (SSSR count). The molecule has 0 heterocycles. The van der Waals surface area contributed by atoms with Gasteiger partial charge in [-0.05, 0) is 70.6 Å². The molecular formula is C42H76NO10P. The Kier molecular flexibility index (Phi) is 36.0. The van der Waals surface area contributed by atoms with Gasteiger partial charge in [-0.1, -0.05) is 134 Å². The highest BCUT2D eigenvalue weighted by atomic mass is 31.2. The quantitative estimate of drug-likeness (QED) is 0.0234. The van der Waals surface area contributed by atoms with E-state index in [1.54, 1.807) is 0 Å². The molecule has 0 radical (unpaired) electrons. The zero-order valence-corrected chi connectivity index (χ0v) is 34.7. The van der Waals surface area contributed by atoms with Crippen LogP contribution in [0.15, 0.2) is 36.5 Å². The molecule has 0 aliphatic heterocycles. The predicted octanol–water partition coefficient (Wildman–Crippen LogP) is 10.8. The Morgan fingerprint density at radius 3 is 1.52 bits per heavy atom. The number of hydrogen-bond acceptors (Lipinski definition) is 9. The van der Waals surface area contributed by atoms with Gasteiger partial charge in [0.1, 0.15) is 12.6 Å². The molecule has 0 aliphatic carbocycles. The van der Waals surface area contributed by atoms with E-state index in [9.17, 15) is 23.8 Å². The van der Waals surface area contributed by atoms with Crippen molar-refractivity contribution in [3.8, 4) is 0 Å². The maximum Gasteiger partial charge on any atom is 0.472 e. The Balaban J connectivity index is 4.43. The smallest absolute Gasteiger partial charge is 0.472 e. The van der Waals surface area contributed by atoms with Crippen LogP contribution in [-0.4, -0.2) is 59.9 Å². The van der Waals surface area contributed by atoms with Gasteiger partial charge in [0.2, 0.25) is 0 Å². The molecule has 314 valence electrons. The van der Waals surface area contributed by atoms with Crippen molar-refractivity contribution < 1.29 is 47.5 Å². The van der Waals surface area contributed by atoms with E-state index < -0.39 is 51.1 Å². The molecule has 0 saturated heterocycles. The summed E-state index contributed by atoms with van der Waals surface area (Å²) in [5.74, 6) is -2.42. The Labute approximate surface area is 327 Å². The van der Waals surface area contributed by atoms with Gasteiger partial charge < -0.3 is 25.2 Å². The van der Waals surface area contributed by atoms with Crippen molar-refractivity contribution >= 4 is 25.7 Å². The third-order valence-corrected chi connectivity index (χ3v) is 9.81. The standard InChI is InChI=1S/C42H76NO10P/c1-3-5-7-9-11-13-15-17-19-21-23-25-27-29-31-33-40(44)50-35-38(36-51-54(48,49)52-37-39(43)42(46)47)53-41(45)34-32-30-28-26-24-22-20-18-16-14-12-10-8-6-4-2/h12,14,18,20-21,23,38-39H,3-11,13,15-17,19,22,24-37,43H2,1-2H3,(H,46,47)(H,48,49)/b14-12+,20-18+,23-21+/t38-,39+/m1/s1. The number of unbranched alkanes of at least 4 members (excludes halogenated alkanes) is 19. The zero-order valence-electron chi connectivity index (χ0n) is 33.8. The van der Waals surface area contributed by atoms with Crippen molar-refractivity contribution in [2.24, 2.45) is 5.73 Å². The lowest BCUT2D eigenvalue weighted by Gasteiger charge is -2.20. The number of hydrogen-bond donors (Lipinski definition) is 3. The van der Waals surface area contributed by atoms with E-state index in [0.717, 1.165) is 70.6 Å². The second-order valence-electron chi connectivity index (χ2n) is 14.1. The van der Waals surface area contributed by atoms with Crippen molar-refractivity contribution in [3.63, 3.8) is 0 Å².